The molecule has 0 spiro atoms. The maximum atomic E-state index is 10.6. The average Bonchev–Trinajstić information content (AvgIpc) is 2.43. The van der Waals surface area contributed by atoms with Gasteiger partial charge in [-0.2, -0.15) is 0 Å². The van der Waals surface area contributed by atoms with Crippen molar-refractivity contribution >= 4 is 12.0 Å². The number of benzene rings is 1. The zero-order valence-electron chi connectivity index (χ0n) is 7.47. The van der Waals surface area contributed by atoms with E-state index >= 15 is 0 Å². The number of hydrogen-bond acceptors (Lipinski definition) is 2. The Balaban J connectivity index is 2.36. The number of hydrogen-bond donors (Lipinski definition) is 2. The first-order valence-corrected chi connectivity index (χ1v) is 4.40. The minimum absolute atomic E-state index is 0.0562. The van der Waals surface area contributed by atoms with E-state index in [1.54, 1.807) is 6.08 Å². The lowest BCUT2D eigenvalue weighted by Crippen LogP contribution is -2.06. The number of aliphatic hydroxyl groups excluding tert-OH is 1. The van der Waals surface area contributed by atoms with Crippen molar-refractivity contribution in [2.45, 2.75) is 12.3 Å². The van der Waals surface area contributed by atoms with Gasteiger partial charge in [0.05, 0.1) is 12.3 Å². The van der Waals surface area contributed by atoms with Gasteiger partial charge in [-0.05, 0) is 17.2 Å². The summed E-state index contributed by atoms with van der Waals surface area (Å²) in [6.07, 6.45) is 1.57. The van der Waals surface area contributed by atoms with Gasteiger partial charge in [0.1, 0.15) is 5.76 Å². The molecule has 3 nitrogen and oxygen atoms in total. The number of rotatable bonds is 2. The number of aliphatic carboxylic acids is 1. The van der Waals surface area contributed by atoms with Gasteiger partial charge in [-0.15, -0.1) is 0 Å². The predicted octanol–water partition coefficient (Wildman–Crippen LogP) is 2.16. The van der Waals surface area contributed by atoms with Crippen LogP contribution >= 0.6 is 0 Å². The Labute approximate surface area is 81.3 Å². The van der Waals surface area contributed by atoms with E-state index in [9.17, 15) is 9.90 Å². The van der Waals surface area contributed by atoms with Crippen molar-refractivity contribution < 1.29 is 15.0 Å². The first kappa shape index (κ1) is 8.81. The smallest absolute Gasteiger partial charge is 0.304 e. The van der Waals surface area contributed by atoms with Crippen molar-refractivity contribution in [3.05, 3.63) is 41.2 Å². The van der Waals surface area contributed by atoms with E-state index in [1.807, 2.05) is 24.3 Å². The molecular formula is C11H10O3. The van der Waals surface area contributed by atoms with Gasteiger partial charge >= 0.3 is 5.97 Å². The van der Waals surface area contributed by atoms with E-state index in [-0.39, 0.29) is 18.1 Å². The number of carboxylic acid groups (broad SMARTS) is 1. The fourth-order valence-electron chi connectivity index (χ4n) is 1.77. The summed E-state index contributed by atoms with van der Waals surface area (Å²) in [7, 11) is 0. The predicted molar refractivity (Wildman–Crippen MR) is 52.0 cm³/mol. The first-order chi connectivity index (χ1) is 6.68. The summed E-state index contributed by atoms with van der Waals surface area (Å²) in [5.74, 6) is -1.12. The lowest BCUT2D eigenvalue weighted by atomic mass is 9.97. The van der Waals surface area contributed by atoms with Crippen LogP contribution in [0.15, 0.2) is 30.0 Å². The van der Waals surface area contributed by atoms with Gasteiger partial charge in [0.15, 0.2) is 0 Å². The summed E-state index contributed by atoms with van der Waals surface area (Å²) in [4.78, 5) is 10.6. The van der Waals surface area contributed by atoms with E-state index in [4.69, 9.17) is 5.11 Å². The molecule has 0 fully saturated rings. The van der Waals surface area contributed by atoms with Crippen LogP contribution in [0.5, 0.6) is 0 Å². The number of allylic oxidation sites excluding steroid dienone is 1. The lowest BCUT2D eigenvalue weighted by molar-refractivity contribution is -0.137. The number of carboxylic acids is 1. The van der Waals surface area contributed by atoms with Crippen LogP contribution in [0.25, 0.3) is 6.08 Å². The molecule has 0 saturated heterocycles. The van der Waals surface area contributed by atoms with Gasteiger partial charge in [-0.1, -0.05) is 24.3 Å². The van der Waals surface area contributed by atoms with Crippen LogP contribution < -0.4 is 0 Å². The highest BCUT2D eigenvalue weighted by Crippen LogP contribution is 2.36. The van der Waals surface area contributed by atoms with Crippen molar-refractivity contribution in [1.82, 2.24) is 0 Å². The molecule has 1 unspecified atom stereocenters. The van der Waals surface area contributed by atoms with Crippen LogP contribution in [-0.4, -0.2) is 16.2 Å². The quantitative estimate of drug-likeness (QED) is 0.751. The van der Waals surface area contributed by atoms with Crippen LogP contribution in [0, 0.1) is 0 Å². The fraction of sp³-hybridized carbons (Fsp3) is 0.182. The Bertz CT molecular complexity index is 407. The molecule has 0 aromatic heterocycles. The molecule has 1 aromatic carbocycles. The molecule has 2 N–H and O–H groups in total. The largest absolute Gasteiger partial charge is 0.512 e. The van der Waals surface area contributed by atoms with Crippen molar-refractivity contribution in [2.24, 2.45) is 0 Å². The van der Waals surface area contributed by atoms with Crippen molar-refractivity contribution in [1.29, 1.82) is 0 Å². The topological polar surface area (TPSA) is 57.5 Å². The molecule has 1 aliphatic rings. The minimum Gasteiger partial charge on any atom is -0.512 e. The van der Waals surface area contributed by atoms with Crippen LogP contribution in [0.1, 0.15) is 23.5 Å². The summed E-state index contributed by atoms with van der Waals surface area (Å²) in [6.45, 7) is 0. The highest BCUT2D eigenvalue weighted by molar-refractivity contribution is 5.73. The molecule has 0 amide bonds. The van der Waals surface area contributed by atoms with Gasteiger partial charge in [0.25, 0.3) is 0 Å². The fourth-order valence-corrected chi connectivity index (χ4v) is 1.77. The molecule has 1 aromatic rings. The van der Waals surface area contributed by atoms with Gasteiger partial charge < -0.3 is 10.2 Å². The molecule has 0 radical (unpaired) electrons. The van der Waals surface area contributed by atoms with Crippen molar-refractivity contribution in [3.8, 4) is 0 Å². The van der Waals surface area contributed by atoms with Crippen LogP contribution in [0.3, 0.4) is 0 Å². The Hall–Kier alpha value is -1.77. The monoisotopic (exact) mass is 190 g/mol. The SMILES string of the molecule is O=C(O)CC1C(O)=Cc2ccccc21. The maximum Gasteiger partial charge on any atom is 0.304 e. The number of fused-ring (bicyclic) bond motifs is 1. The summed E-state index contributed by atoms with van der Waals surface area (Å²) in [6, 6.07) is 7.43. The normalized spacial score (nSPS) is 18.9. The third kappa shape index (κ3) is 1.37. The van der Waals surface area contributed by atoms with Gasteiger partial charge in [-0.25, -0.2) is 0 Å². The second-order valence-corrected chi connectivity index (χ2v) is 3.35. The van der Waals surface area contributed by atoms with E-state index in [2.05, 4.69) is 0 Å². The molecule has 0 bridgehead atoms. The number of aliphatic hydroxyl groups is 1. The molecule has 0 heterocycles. The van der Waals surface area contributed by atoms with Crippen molar-refractivity contribution in [3.63, 3.8) is 0 Å². The first-order valence-electron chi connectivity index (χ1n) is 4.40. The molecule has 0 saturated carbocycles. The van der Waals surface area contributed by atoms with E-state index < -0.39 is 5.97 Å². The Kier molecular flexibility index (Phi) is 2.00. The summed E-state index contributed by atoms with van der Waals surface area (Å²) in [5, 5.41) is 18.2. The third-order valence-corrected chi connectivity index (χ3v) is 2.41. The second kappa shape index (κ2) is 3.18. The minimum atomic E-state index is -0.897. The molecule has 72 valence electrons. The van der Waals surface area contributed by atoms with Crippen LogP contribution in [-0.2, 0) is 4.79 Å². The summed E-state index contributed by atoms with van der Waals surface area (Å²) >= 11 is 0. The highest BCUT2D eigenvalue weighted by atomic mass is 16.4. The van der Waals surface area contributed by atoms with Gasteiger partial charge in [0, 0.05) is 0 Å². The Morgan fingerprint density at radius 3 is 2.79 bits per heavy atom. The van der Waals surface area contributed by atoms with E-state index in [0.717, 1.165) is 11.1 Å². The number of carbonyl (C=O) groups is 1. The third-order valence-electron chi connectivity index (χ3n) is 2.41. The summed E-state index contributed by atoms with van der Waals surface area (Å²) < 4.78 is 0. The molecule has 3 heteroatoms. The Morgan fingerprint density at radius 1 is 1.36 bits per heavy atom. The molecule has 1 atom stereocenters. The molecule has 0 aliphatic heterocycles. The van der Waals surface area contributed by atoms with Crippen molar-refractivity contribution in [2.75, 3.05) is 0 Å². The van der Waals surface area contributed by atoms with E-state index in [1.165, 1.54) is 0 Å². The molecule has 1 aliphatic carbocycles. The van der Waals surface area contributed by atoms with E-state index in [0.29, 0.717) is 0 Å². The standard InChI is InChI=1S/C11H10O3/c12-10-5-7-3-1-2-4-8(7)9(10)6-11(13)14/h1-5,9,12H,6H2,(H,13,14). The second-order valence-electron chi connectivity index (χ2n) is 3.35. The van der Waals surface area contributed by atoms with Crippen LogP contribution in [0.2, 0.25) is 0 Å². The zero-order chi connectivity index (χ0) is 10.1. The Morgan fingerprint density at radius 2 is 2.07 bits per heavy atom. The van der Waals surface area contributed by atoms with Gasteiger partial charge in [-0.3, -0.25) is 4.79 Å². The highest BCUT2D eigenvalue weighted by Gasteiger charge is 2.26. The maximum absolute atomic E-state index is 10.6. The van der Waals surface area contributed by atoms with Crippen LogP contribution in [0.4, 0.5) is 0 Å². The summed E-state index contributed by atoms with van der Waals surface area (Å²) in [5.41, 5.74) is 1.81. The van der Waals surface area contributed by atoms with Gasteiger partial charge in [0.2, 0.25) is 0 Å². The lowest BCUT2D eigenvalue weighted by Gasteiger charge is -2.09. The average molecular weight is 190 g/mol. The molecule has 2 rings (SSSR count). The molecule has 14 heavy (non-hydrogen) atoms. The zero-order valence-corrected chi connectivity index (χ0v) is 7.47. The molecular weight excluding hydrogens is 180 g/mol.